The van der Waals surface area contributed by atoms with Gasteiger partial charge in [-0.15, -0.1) is 11.3 Å². The number of hydrogen-bond donors (Lipinski definition) is 0. The maximum Gasteiger partial charge on any atom is 0.186 e. The monoisotopic (exact) mass is 236 g/mol. The summed E-state index contributed by atoms with van der Waals surface area (Å²) in [7, 11) is -0.626. The summed E-state index contributed by atoms with van der Waals surface area (Å²) < 4.78 is 11.1. The Morgan fingerprint density at radius 1 is 1.54 bits per heavy atom. The molecular formula is C7H9ClN2OS2. The lowest BCUT2D eigenvalue weighted by molar-refractivity contribution is 0.673. The van der Waals surface area contributed by atoms with Gasteiger partial charge in [0.2, 0.25) is 0 Å². The second-order valence-electron chi connectivity index (χ2n) is 2.79. The molecule has 2 heterocycles. The van der Waals surface area contributed by atoms with Crippen LogP contribution in [0.25, 0.3) is 0 Å². The second-order valence-corrected chi connectivity index (χ2v) is 5.71. The van der Waals surface area contributed by atoms with E-state index in [1.807, 2.05) is 5.38 Å². The van der Waals surface area contributed by atoms with E-state index in [-0.39, 0.29) is 0 Å². The third kappa shape index (κ3) is 2.21. The number of halogens is 1. The van der Waals surface area contributed by atoms with Crippen LogP contribution >= 0.6 is 22.9 Å². The number of rotatable bonds is 1. The summed E-state index contributed by atoms with van der Waals surface area (Å²) in [6.07, 6.45) is 0. The van der Waals surface area contributed by atoms with Gasteiger partial charge in [0.05, 0.1) is 0 Å². The average molecular weight is 237 g/mol. The van der Waals surface area contributed by atoms with E-state index in [0.29, 0.717) is 5.15 Å². The van der Waals surface area contributed by atoms with E-state index in [2.05, 4.69) is 9.88 Å². The van der Waals surface area contributed by atoms with E-state index in [1.54, 1.807) is 11.3 Å². The van der Waals surface area contributed by atoms with Crippen LogP contribution in [0.2, 0.25) is 5.15 Å². The first-order chi connectivity index (χ1) is 6.25. The van der Waals surface area contributed by atoms with E-state index in [9.17, 15) is 4.21 Å². The van der Waals surface area contributed by atoms with E-state index in [4.69, 9.17) is 11.6 Å². The molecule has 0 spiro atoms. The Balaban J connectivity index is 2.06. The molecule has 0 aliphatic carbocycles. The molecule has 2 rings (SSSR count). The first-order valence-electron chi connectivity index (χ1n) is 3.96. The zero-order valence-corrected chi connectivity index (χ0v) is 9.29. The molecule has 0 amide bonds. The zero-order valence-electron chi connectivity index (χ0n) is 6.90. The Kier molecular flexibility index (Phi) is 2.86. The Hall–Kier alpha value is -0.130. The van der Waals surface area contributed by atoms with Gasteiger partial charge in [-0.25, -0.2) is 4.98 Å². The molecular weight excluding hydrogens is 228 g/mol. The number of anilines is 1. The van der Waals surface area contributed by atoms with Gasteiger partial charge in [0, 0.05) is 40.8 Å². The Morgan fingerprint density at radius 3 is 2.77 bits per heavy atom. The van der Waals surface area contributed by atoms with Crippen LogP contribution < -0.4 is 4.90 Å². The predicted octanol–water partition coefficient (Wildman–Crippen LogP) is 1.37. The van der Waals surface area contributed by atoms with Crippen molar-refractivity contribution in [2.75, 3.05) is 29.5 Å². The number of hydrogen-bond acceptors (Lipinski definition) is 4. The molecule has 0 radical (unpaired) electrons. The highest BCUT2D eigenvalue weighted by Gasteiger charge is 2.17. The topological polar surface area (TPSA) is 33.2 Å². The van der Waals surface area contributed by atoms with Crippen LogP contribution in [0.3, 0.4) is 0 Å². The highest BCUT2D eigenvalue weighted by Crippen LogP contribution is 2.23. The van der Waals surface area contributed by atoms with Gasteiger partial charge in [0.15, 0.2) is 5.13 Å². The third-order valence-electron chi connectivity index (χ3n) is 1.91. The van der Waals surface area contributed by atoms with Crippen LogP contribution in [0.4, 0.5) is 5.13 Å². The lowest BCUT2D eigenvalue weighted by Gasteiger charge is -2.25. The highest BCUT2D eigenvalue weighted by molar-refractivity contribution is 7.85. The maximum absolute atomic E-state index is 11.1. The fourth-order valence-corrected chi connectivity index (χ4v) is 3.27. The predicted molar refractivity (Wildman–Crippen MR) is 57.2 cm³/mol. The molecule has 1 aliphatic rings. The second kappa shape index (κ2) is 3.94. The Labute approximate surface area is 88.2 Å². The van der Waals surface area contributed by atoms with Crippen molar-refractivity contribution in [3.05, 3.63) is 10.5 Å². The van der Waals surface area contributed by atoms with Gasteiger partial charge >= 0.3 is 0 Å². The summed E-state index contributed by atoms with van der Waals surface area (Å²) in [4.78, 5) is 6.31. The number of nitrogens with zero attached hydrogens (tertiary/aromatic N) is 2. The largest absolute Gasteiger partial charge is 0.346 e. The van der Waals surface area contributed by atoms with Crippen LogP contribution in [0.1, 0.15) is 0 Å². The van der Waals surface area contributed by atoms with Gasteiger partial charge in [0.1, 0.15) is 5.15 Å². The van der Waals surface area contributed by atoms with Crippen molar-refractivity contribution in [3.8, 4) is 0 Å². The van der Waals surface area contributed by atoms with Gasteiger partial charge < -0.3 is 4.90 Å². The van der Waals surface area contributed by atoms with Crippen molar-refractivity contribution in [1.29, 1.82) is 0 Å². The maximum atomic E-state index is 11.1. The molecule has 0 bridgehead atoms. The van der Waals surface area contributed by atoms with Crippen molar-refractivity contribution in [1.82, 2.24) is 4.98 Å². The highest BCUT2D eigenvalue weighted by atomic mass is 35.5. The van der Waals surface area contributed by atoms with Gasteiger partial charge in [-0.1, -0.05) is 11.6 Å². The van der Waals surface area contributed by atoms with Crippen LogP contribution in [0, 0.1) is 0 Å². The summed E-state index contributed by atoms with van der Waals surface area (Å²) >= 11 is 7.26. The van der Waals surface area contributed by atoms with E-state index >= 15 is 0 Å². The van der Waals surface area contributed by atoms with Gasteiger partial charge in [-0.3, -0.25) is 4.21 Å². The lowest BCUT2D eigenvalue weighted by atomic mass is 10.5. The molecule has 1 aromatic rings. The molecule has 1 saturated heterocycles. The van der Waals surface area contributed by atoms with E-state index in [1.165, 1.54) is 0 Å². The minimum atomic E-state index is -0.626. The van der Waals surface area contributed by atoms with Crippen LogP contribution in [0.5, 0.6) is 0 Å². The summed E-state index contributed by atoms with van der Waals surface area (Å²) in [5.74, 6) is 1.49. The SMILES string of the molecule is O=S1CCN(c2nc(Cl)cs2)CC1. The first-order valence-corrected chi connectivity index (χ1v) is 6.71. The molecule has 13 heavy (non-hydrogen) atoms. The van der Waals surface area contributed by atoms with Gasteiger partial charge in [-0.05, 0) is 0 Å². The standard InChI is InChI=1S/C7H9ClN2OS2/c8-6-5-12-7(9-6)10-1-3-13(11)4-2-10/h5H,1-4H2. The molecule has 0 aromatic carbocycles. The molecule has 0 N–H and O–H groups in total. The van der Waals surface area contributed by atoms with Gasteiger partial charge in [-0.2, -0.15) is 0 Å². The average Bonchev–Trinajstić information content (AvgIpc) is 2.53. The smallest absolute Gasteiger partial charge is 0.186 e. The van der Waals surface area contributed by atoms with E-state index < -0.39 is 10.8 Å². The van der Waals surface area contributed by atoms with E-state index in [0.717, 1.165) is 29.7 Å². The molecule has 1 fully saturated rings. The quantitative estimate of drug-likeness (QED) is 0.739. The zero-order chi connectivity index (χ0) is 9.26. The summed E-state index contributed by atoms with van der Waals surface area (Å²) in [5, 5.41) is 3.32. The fraction of sp³-hybridized carbons (Fsp3) is 0.571. The molecule has 72 valence electrons. The normalized spacial score (nSPS) is 19.3. The van der Waals surface area contributed by atoms with Crippen molar-refractivity contribution in [2.24, 2.45) is 0 Å². The molecule has 1 aliphatic heterocycles. The molecule has 0 saturated carbocycles. The molecule has 3 nitrogen and oxygen atoms in total. The summed E-state index contributed by atoms with van der Waals surface area (Å²) in [6.45, 7) is 1.66. The molecule has 1 aromatic heterocycles. The summed E-state index contributed by atoms with van der Waals surface area (Å²) in [6, 6.07) is 0. The first kappa shape index (κ1) is 9.43. The van der Waals surface area contributed by atoms with Gasteiger partial charge in [0.25, 0.3) is 0 Å². The third-order valence-corrected chi connectivity index (χ3v) is 4.41. The van der Waals surface area contributed by atoms with Crippen LogP contribution in [0.15, 0.2) is 5.38 Å². The Bertz CT molecular complexity index is 318. The van der Waals surface area contributed by atoms with Crippen molar-refractivity contribution < 1.29 is 4.21 Å². The number of aromatic nitrogens is 1. The minimum absolute atomic E-state index is 0.548. The summed E-state index contributed by atoms with van der Waals surface area (Å²) in [5.41, 5.74) is 0. The molecule has 0 atom stereocenters. The lowest BCUT2D eigenvalue weighted by Crippen LogP contribution is -2.37. The molecule has 0 unspecified atom stereocenters. The molecule has 6 heteroatoms. The van der Waals surface area contributed by atoms with Crippen molar-refractivity contribution >= 4 is 38.9 Å². The fourth-order valence-electron chi connectivity index (χ4n) is 1.22. The number of thiazole rings is 1. The van der Waals surface area contributed by atoms with Crippen LogP contribution in [-0.2, 0) is 10.8 Å². The Morgan fingerprint density at radius 2 is 2.23 bits per heavy atom. The van der Waals surface area contributed by atoms with Crippen molar-refractivity contribution in [3.63, 3.8) is 0 Å². The minimum Gasteiger partial charge on any atom is -0.346 e. The van der Waals surface area contributed by atoms with Crippen LogP contribution in [-0.4, -0.2) is 33.8 Å². The van der Waals surface area contributed by atoms with Crippen molar-refractivity contribution in [2.45, 2.75) is 0 Å².